The Morgan fingerprint density at radius 3 is 2.79 bits per heavy atom. The molecular weight excluding hydrogens is 240 g/mol. The molecule has 14 heavy (non-hydrogen) atoms. The van der Waals surface area contributed by atoms with Crippen molar-refractivity contribution in [3.63, 3.8) is 0 Å². The van der Waals surface area contributed by atoms with E-state index in [4.69, 9.17) is 0 Å². The van der Waals surface area contributed by atoms with Crippen LogP contribution in [0.15, 0.2) is 0 Å². The minimum atomic E-state index is 0.763. The molecule has 1 heterocycles. The van der Waals surface area contributed by atoms with Crippen molar-refractivity contribution in [3.05, 3.63) is 0 Å². The lowest BCUT2D eigenvalue weighted by molar-refractivity contribution is 0.251. The lowest BCUT2D eigenvalue weighted by atomic mass is 10.1. The molecule has 2 unspecified atom stereocenters. The van der Waals surface area contributed by atoms with Gasteiger partial charge >= 0.3 is 0 Å². The molecule has 2 nitrogen and oxygen atoms in total. The molecule has 84 valence electrons. The van der Waals surface area contributed by atoms with Crippen molar-refractivity contribution < 1.29 is 0 Å². The third kappa shape index (κ3) is 4.28. The summed E-state index contributed by atoms with van der Waals surface area (Å²) in [5, 5.41) is 1.11. The van der Waals surface area contributed by atoms with Crippen molar-refractivity contribution in [3.8, 4) is 0 Å². The highest BCUT2D eigenvalue weighted by atomic mass is 79.9. The summed E-state index contributed by atoms with van der Waals surface area (Å²) in [4.78, 5) is 4.92. The minimum absolute atomic E-state index is 0.763. The molecule has 1 fully saturated rings. The van der Waals surface area contributed by atoms with Gasteiger partial charge in [0.2, 0.25) is 0 Å². The van der Waals surface area contributed by atoms with Gasteiger partial charge in [0.1, 0.15) is 0 Å². The van der Waals surface area contributed by atoms with Crippen LogP contribution in [0.2, 0.25) is 0 Å². The number of hydrogen-bond donors (Lipinski definition) is 0. The average Bonchev–Trinajstić information content (AvgIpc) is 2.50. The fourth-order valence-electron chi connectivity index (χ4n) is 2.27. The normalized spacial score (nSPS) is 25.9. The van der Waals surface area contributed by atoms with Gasteiger partial charge in [0, 0.05) is 25.0 Å². The molecule has 0 aromatic heterocycles. The van der Waals surface area contributed by atoms with Crippen LogP contribution in [-0.4, -0.2) is 55.4 Å². The third-order valence-corrected chi connectivity index (χ3v) is 4.05. The fourth-order valence-corrected chi connectivity index (χ4v) is 2.48. The number of nitrogens with zero attached hydrogens (tertiary/aromatic N) is 2. The van der Waals surface area contributed by atoms with E-state index in [2.05, 4.69) is 46.7 Å². The van der Waals surface area contributed by atoms with Gasteiger partial charge in [-0.3, -0.25) is 0 Å². The van der Waals surface area contributed by atoms with Crippen LogP contribution in [0, 0.1) is 11.8 Å². The number of halogens is 1. The summed E-state index contributed by atoms with van der Waals surface area (Å²) in [5.41, 5.74) is 0. The summed E-state index contributed by atoms with van der Waals surface area (Å²) >= 11 is 3.53. The van der Waals surface area contributed by atoms with Gasteiger partial charge < -0.3 is 9.80 Å². The largest absolute Gasteiger partial charge is 0.306 e. The lowest BCUT2D eigenvalue weighted by Crippen LogP contribution is -2.31. The van der Waals surface area contributed by atoms with Crippen LogP contribution in [0.3, 0.4) is 0 Å². The lowest BCUT2D eigenvalue weighted by Gasteiger charge is -2.23. The standard InChI is InChI=1S/C11H23BrN2/c1-10(6-12)7-14(3)9-11-4-5-13(2)8-11/h10-11H,4-9H2,1-3H3. The van der Waals surface area contributed by atoms with Crippen LogP contribution in [0.5, 0.6) is 0 Å². The molecule has 1 saturated heterocycles. The minimum Gasteiger partial charge on any atom is -0.306 e. The van der Waals surface area contributed by atoms with Gasteiger partial charge in [0.25, 0.3) is 0 Å². The van der Waals surface area contributed by atoms with Crippen LogP contribution in [0.4, 0.5) is 0 Å². The van der Waals surface area contributed by atoms with E-state index in [-0.39, 0.29) is 0 Å². The molecule has 0 radical (unpaired) electrons. The monoisotopic (exact) mass is 262 g/mol. The van der Waals surface area contributed by atoms with Crippen LogP contribution in [-0.2, 0) is 0 Å². The van der Waals surface area contributed by atoms with E-state index in [1.54, 1.807) is 0 Å². The summed E-state index contributed by atoms with van der Waals surface area (Å²) in [6, 6.07) is 0. The molecule has 0 saturated carbocycles. The second-order valence-corrected chi connectivity index (χ2v) is 5.55. The van der Waals surface area contributed by atoms with Gasteiger partial charge in [-0.15, -0.1) is 0 Å². The molecule has 1 aliphatic heterocycles. The SMILES string of the molecule is CC(CBr)CN(C)CC1CCN(C)C1. The molecule has 3 heteroatoms. The topological polar surface area (TPSA) is 6.48 Å². The van der Waals surface area contributed by atoms with Gasteiger partial charge in [-0.05, 0) is 38.9 Å². The highest BCUT2D eigenvalue weighted by Gasteiger charge is 2.20. The Morgan fingerprint density at radius 1 is 1.57 bits per heavy atom. The van der Waals surface area contributed by atoms with Crippen LogP contribution >= 0.6 is 15.9 Å². The van der Waals surface area contributed by atoms with Gasteiger partial charge in [-0.2, -0.15) is 0 Å². The maximum Gasteiger partial charge on any atom is 0.00692 e. The smallest absolute Gasteiger partial charge is 0.00692 e. The first kappa shape index (κ1) is 12.5. The quantitative estimate of drug-likeness (QED) is 0.699. The molecule has 0 spiro atoms. The summed E-state index contributed by atoms with van der Waals surface area (Å²) in [7, 11) is 4.47. The van der Waals surface area contributed by atoms with E-state index in [9.17, 15) is 0 Å². The molecule has 1 rings (SSSR count). The van der Waals surface area contributed by atoms with Crippen molar-refractivity contribution in [2.45, 2.75) is 13.3 Å². The van der Waals surface area contributed by atoms with Crippen LogP contribution < -0.4 is 0 Å². The van der Waals surface area contributed by atoms with E-state index >= 15 is 0 Å². The predicted molar refractivity (Wildman–Crippen MR) is 66.1 cm³/mol. The van der Waals surface area contributed by atoms with Crippen molar-refractivity contribution >= 4 is 15.9 Å². The molecule has 0 aliphatic carbocycles. The molecular formula is C11H23BrN2. The Morgan fingerprint density at radius 2 is 2.29 bits per heavy atom. The highest BCUT2D eigenvalue weighted by Crippen LogP contribution is 2.15. The predicted octanol–water partition coefficient (Wildman–Crippen LogP) is 1.90. The average molecular weight is 263 g/mol. The first-order valence-corrected chi connectivity index (χ1v) is 6.67. The Bertz CT molecular complexity index is 163. The first-order valence-electron chi connectivity index (χ1n) is 5.55. The van der Waals surface area contributed by atoms with E-state index in [1.165, 1.54) is 32.6 Å². The second-order valence-electron chi connectivity index (χ2n) is 4.90. The van der Waals surface area contributed by atoms with Gasteiger partial charge in [-0.1, -0.05) is 22.9 Å². The molecule has 2 atom stereocenters. The van der Waals surface area contributed by atoms with E-state index in [0.717, 1.165) is 17.2 Å². The van der Waals surface area contributed by atoms with E-state index in [0.29, 0.717) is 0 Å². The zero-order valence-corrected chi connectivity index (χ0v) is 11.3. The Balaban J connectivity index is 2.16. The maximum atomic E-state index is 3.53. The zero-order chi connectivity index (χ0) is 10.6. The van der Waals surface area contributed by atoms with Crippen LogP contribution in [0.25, 0.3) is 0 Å². The van der Waals surface area contributed by atoms with Gasteiger partial charge in [0.15, 0.2) is 0 Å². The summed E-state index contributed by atoms with van der Waals surface area (Å²) in [6.45, 7) is 7.35. The number of hydrogen-bond acceptors (Lipinski definition) is 2. The van der Waals surface area contributed by atoms with Gasteiger partial charge in [-0.25, -0.2) is 0 Å². The Hall–Kier alpha value is 0.400. The van der Waals surface area contributed by atoms with E-state index in [1.807, 2.05) is 0 Å². The zero-order valence-electron chi connectivity index (χ0n) is 9.67. The van der Waals surface area contributed by atoms with Crippen molar-refractivity contribution in [1.82, 2.24) is 9.80 Å². The molecule has 0 N–H and O–H groups in total. The molecule has 1 aliphatic rings. The molecule has 0 amide bonds. The summed E-state index contributed by atoms with van der Waals surface area (Å²) in [6.07, 6.45) is 1.38. The number of rotatable bonds is 5. The van der Waals surface area contributed by atoms with Crippen molar-refractivity contribution in [2.24, 2.45) is 11.8 Å². The number of alkyl halides is 1. The Kier molecular flexibility index (Phi) is 5.42. The first-order chi connectivity index (χ1) is 6.61. The molecule has 0 aromatic carbocycles. The van der Waals surface area contributed by atoms with Crippen molar-refractivity contribution in [2.75, 3.05) is 45.6 Å². The third-order valence-electron chi connectivity index (χ3n) is 2.95. The Labute approximate surface area is 96.8 Å². The number of likely N-dealkylation sites (tertiary alicyclic amines) is 1. The van der Waals surface area contributed by atoms with Crippen molar-refractivity contribution in [1.29, 1.82) is 0 Å². The molecule has 0 aromatic rings. The van der Waals surface area contributed by atoms with E-state index < -0.39 is 0 Å². The summed E-state index contributed by atoms with van der Waals surface area (Å²) < 4.78 is 0. The summed E-state index contributed by atoms with van der Waals surface area (Å²) in [5.74, 6) is 1.66. The molecule has 0 bridgehead atoms. The van der Waals surface area contributed by atoms with Gasteiger partial charge in [0.05, 0.1) is 0 Å². The maximum absolute atomic E-state index is 3.53. The fraction of sp³-hybridized carbons (Fsp3) is 1.00. The highest BCUT2D eigenvalue weighted by molar-refractivity contribution is 9.09. The van der Waals surface area contributed by atoms with Crippen LogP contribution in [0.1, 0.15) is 13.3 Å². The second kappa shape index (κ2) is 6.09.